The summed E-state index contributed by atoms with van der Waals surface area (Å²) in [7, 11) is 0. The van der Waals surface area contributed by atoms with Crippen molar-refractivity contribution in [3.05, 3.63) is 42.4 Å². The number of aromatic nitrogens is 4. The first-order valence-electron chi connectivity index (χ1n) is 9.63. The molecule has 0 bridgehead atoms. The normalized spacial score (nSPS) is 11.5. The van der Waals surface area contributed by atoms with Crippen LogP contribution in [0.1, 0.15) is 32.5 Å². The van der Waals surface area contributed by atoms with Crippen molar-refractivity contribution in [3.8, 4) is 17.1 Å². The summed E-state index contributed by atoms with van der Waals surface area (Å²) in [5.41, 5.74) is 10.8. The van der Waals surface area contributed by atoms with Crippen LogP contribution in [0.3, 0.4) is 0 Å². The lowest BCUT2D eigenvalue weighted by Gasteiger charge is -2.15. The van der Waals surface area contributed by atoms with Gasteiger partial charge in [0.2, 0.25) is 5.88 Å². The fourth-order valence-electron chi connectivity index (χ4n) is 3.13. The second-order valence-electron chi connectivity index (χ2n) is 6.90. The number of anilines is 1. The molecule has 0 amide bonds. The first-order chi connectivity index (χ1) is 14.0. The van der Waals surface area contributed by atoms with Crippen LogP contribution >= 0.6 is 0 Å². The maximum atomic E-state index is 8.00. The number of fused-ring (bicyclic) bond motifs is 1. The zero-order valence-corrected chi connectivity index (χ0v) is 17.2. The second kappa shape index (κ2) is 8.72. The molecule has 29 heavy (non-hydrogen) atoms. The van der Waals surface area contributed by atoms with Crippen molar-refractivity contribution in [1.29, 1.82) is 5.41 Å². The Balaban J connectivity index is 2.18. The van der Waals surface area contributed by atoms with Gasteiger partial charge in [-0.2, -0.15) is 5.10 Å². The van der Waals surface area contributed by atoms with E-state index < -0.39 is 0 Å². The maximum Gasteiger partial charge on any atom is 0.222 e. The predicted octanol–water partition coefficient (Wildman–Crippen LogP) is 3.69. The highest BCUT2D eigenvalue weighted by atomic mass is 16.5. The van der Waals surface area contributed by atoms with E-state index in [0.29, 0.717) is 24.7 Å². The molecule has 8 nitrogen and oxygen atoms in total. The Morgan fingerprint density at radius 3 is 2.90 bits per heavy atom. The van der Waals surface area contributed by atoms with E-state index in [1.807, 2.05) is 36.7 Å². The molecule has 152 valence electrons. The fourth-order valence-corrected chi connectivity index (χ4v) is 3.13. The molecule has 8 heteroatoms. The summed E-state index contributed by atoms with van der Waals surface area (Å²) >= 11 is 0. The molecule has 0 aliphatic heterocycles. The van der Waals surface area contributed by atoms with Gasteiger partial charge in [0, 0.05) is 12.2 Å². The smallest absolute Gasteiger partial charge is 0.222 e. The average molecular weight is 393 g/mol. The zero-order valence-electron chi connectivity index (χ0n) is 17.2. The van der Waals surface area contributed by atoms with Gasteiger partial charge >= 0.3 is 0 Å². The number of pyridine rings is 2. The highest BCUT2D eigenvalue weighted by molar-refractivity contribution is 5.98. The third-order valence-corrected chi connectivity index (χ3v) is 4.41. The van der Waals surface area contributed by atoms with Gasteiger partial charge in [-0.05, 0) is 58.2 Å². The topological polar surface area (TPSA) is 115 Å². The molecule has 3 heterocycles. The third-order valence-electron chi connectivity index (χ3n) is 4.41. The van der Waals surface area contributed by atoms with Gasteiger partial charge in [-0.15, -0.1) is 0 Å². The van der Waals surface area contributed by atoms with Crippen LogP contribution in [0, 0.1) is 12.3 Å². The minimum atomic E-state index is 0.167. The van der Waals surface area contributed by atoms with E-state index in [-0.39, 0.29) is 6.04 Å². The fraction of sp³-hybridized carbons (Fsp3) is 0.333. The van der Waals surface area contributed by atoms with Crippen LogP contribution in [0.4, 0.5) is 5.69 Å². The lowest BCUT2D eigenvalue weighted by atomic mass is 10.1. The van der Waals surface area contributed by atoms with Crippen molar-refractivity contribution in [2.45, 2.75) is 33.7 Å². The van der Waals surface area contributed by atoms with Crippen LogP contribution in [0.25, 0.3) is 22.3 Å². The Bertz CT molecular complexity index is 1050. The molecule has 3 rings (SSSR count). The number of ether oxygens (including phenoxy) is 1. The number of hydrogen-bond acceptors (Lipinski definition) is 7. The van der Waals surface area contributed by atoms with E-state index >= 15 is 0 Å². The summed E-state index contributed by atoms with van der Waals surface area (Å²) in [6.07, 6.45) is 4.63. The predicted molar refractivity (Wildman–Crippen MR) is 117 cm³/mol. The Morgan fingerprint density at radius 1 is 1.41 bits per heavy atom. The first-order valence-corrected chi connectivity index (χ1v) is 9.63. The molecule has 0 unspecified atom stereocenters. The van der Waals surface area contributed by atoms with Gasteiger partial charge in [0.1, 0.15) is 11.0 Å². The van der Waals surface area contributed by atoms with Crippen molar-refractivity contribution in [3.63, 3.8) is 0 Å². The number of rotatable bonds is 8. The van der Waals surface area contributed by atoms with Crippen LogP contribution in [-0.2, 0) is 0 Å². The van der Waals surface area contributed by atoms with E-state index in [9.17, 15) is 0 Å². The van der Waals surface area contributed by atoms with Gasteiger partial charge in [-0.1, -0.05) is 0 Å². The number of aryl methyl sites for hydroxylation is 1. The van der Waals surface area contributed by atoms with Gasteiger partial charge in [0.05, 0.1) is 41.5 Å². The van der Waals surface area contributed by atoms with Gasteiger partial charge in [0.25, 0.3) is 0 Å². The van der Waals surface area contributed by atoms with Crippen LogP contribution in [-0.4, -0.2) is 38.6 Å². The molecule has 0 fully saturated rings. The minimum absolute atomic E-state index is 0.167. The van der Waals surface area contributed by atoms with Crippen LogP contribution < -0.4 is 15.8 Å². The Kier molecular flexibility index (Phi) is 6.11. The monoisotopic (exact) mass is 393 g/mol. The summed E-state index contributed by atoms with van der Waals surface area (Å²) in [6, 6.07) is 5.93. The minimum Gasteiger partial charge on any atom is -0.477 e. The maximum absolute atomic E-state index is 8.00. The summed E-state index contributed by atoms with van der Waals surface area (Å²) in [5, 5.41) is 16.0. The van der Waals surface area contributed by atoms with Crippen molar-refractivity contribution < 1.29 is 4.74 Å². The second-order valence-corrected chi connectivity index (χ2v) is 6.90. The summed E-state index contributed by atoms with van der Waals surface area (Å²) in [5.74, 6) is 0.542. The largest absolute Gasteiger partial charge is 0.477 e. The SMILES string of the molecule is CCOc1ncccc1-c1cc(NCC(=N)/C=C\N)c2c(n1)c(C)nn2C(C)C. The molecule has 0 saturated heterocycles. The standard InChI is InChI=1S/C21H27N7O/c1-5-29-21-16(7-6-10-24-21)17-11-18(25-12-15(23)8-9-22)20-19(26-17)14(4)27-28(20)13(2)3/h6-11,13,23H,5,12,22H2,1-4H3,(H,25,26)/b9-8-,23-15?. The van der Waals surface area contributed by atoms with E-state index in [2.05, 4.69) is 29.2 Å². The zero-order chi connectivity index (χ0) is 21.0. The molecule has 3 aromatic heterocycles. The van der Waals surface area contributed by atoms with Crippen LogP contribution in [0.2, 0.25) is 0 Å². The number of nitrogens with zero attached hydrogens (tertiary/aromatic N) is 4. The summed E-state index contributed by atoms with van der Waals surface area (Å²) in [6.45, 7) is 8.89. The van der Waals surface area contributed by atoms with Gasteiger partial charge in [0.15, 0.2) is 0 Å². The quantitative estimate of drug-likeness (QED) is 0.503. The number of nitrogens with one attached hydrogen (secondary N) is 2. The van der Waals surface area contributed by atoms with Crippen molar-refractivity contribution in [2.75, 3.05) is 18.5 Å². The molecule has 0 aromatic carbocycles. The van der Waals surface area contributed by atoms with Gasteiger partial charge in [-0.25, -0.2) is 9.97 Å². The number of hydrogen-bond donors (Lipinski definition) is 3. The average Bonchev–Trinajstić information content (AvgIpc) is 3.04. The molecule has 0 aliphatic carbocycles. The molecule has 0 spiro atoms. The van der Waals surface area contributed by atoms with Crippen LogP contribution in [0.15, 0.2) is 36.7 Å². The molecule has 0 saturated carbocycles. The lowest BCUT2D eigenvalue weighted by molar-refractivity contribution is 0.328. The van der Waals surface area contributed by atoms with E-state index in [1.54, 1.807) is 12.3 Å². The van der Waals surface area contributed by atoms with Crippen molar-refractivity contribution >= 4 is 22.4 Å². The highest BCUT2D eigenvalue weighted by Crippen LogP contribution is 2.34. The Labute approximate surface area is 170 Å². The van der Waals surface area contributed by atoms with Gasteiger partial charge < -0.3 is 21.2 Å². The molecular formula is C21H27N7O. The van der Waals surface area contributed by atoms with Crippen LogP contribution in [0.5, 0.6) is 5.88 Å². The lowest BCUT2D eigenvalue weighted by Crippen LogP contribution is -2.13. The van der Waals surface area contributed by atoms with Crippen molar-refractivity contribution in [1.82, 2.24) is 19.7 Å². The first kappa shape index (κ1) is 20.3. The Morgan fingerprint density at radius 2 is 2.21 bits per heavy atom. The van der Waals surface area contributed by atoms with E-state index in [1.165, 1.54) is 6.20 Å². The molecule has 0 radical (unpaired) electrons. The van der Waals surface area contributed by atoms with Crippen molar-refractivity contribution in [2.24, 2.45) is 5.73 Å². The van der Waals surface area contributed by atoms with Gasteiger partial charge in [-0.3, -0.25) is 4.68 Å². The molecule has 0 aliphatic rings. The molecular weight excluding hydrogens is 366 g/mol. The Hall–Kier alpha value is -3.42. The van der Waals surface area contributed by atoms with E-state index in [4.69, 9.17) is 20.9 Å². The molecule has 4 N–H and O–H groups in total. The third kappa shape index (κ3) is 4.21. The molecule has 0 atom stereocenters. The van der Waals surface area contributed by atoms with E-state index in [0.717, 1.165) is 33.7 Å². The summed E-state index contributed by atoms with van der Waals surface area (Å²) < 4.78 is 7.65. The summed E-state index contributed by atoms with van der Waals surface area (Å²) in [4.78, 5) is 9.23. The number of nitrogens with two attached hydrogens (primary N) is 1. The molecule has 3 aromatic rings. The highest BCUT2D eigenvalue weighted by Gasteiger charge is 2.19.